The van der Waals surface area contributed by atoms with E-state index in [0.717, 1.165) is 6.54 Å². The molecule has 4 fully saturated rings. The smallest absolute Gasteiger partial charge is 0.229 e. The number of fused-ring (bicyclic) bond motifs is 3. The molecular weight excluding hydrogens is 324 g/mol. The number of rotatable bonds is 0. The van der Waals surface area contributed by atoms with Crippen molar-refractivity contribution in [2.24, 2.45) is 17.8 Å². The zero-order chi connectivity index (χ0) is 17.0. The minimum atomic E-state index is 0.114. The highest BCUT2D eigenvalue weighted by Gasteiger charge is 2.63. The van der Waals surface area contributed by atoms with E-state index >= 15 is 0 Å². The maximum absolute atomic E-state index is 13.3. The highest BCUT2D eigenvalue weighted by molar-refractivity contribution is 5.97. The van der Waals surface area contributed by atoms with Crippen LogP contribution in [0.3, 0.4) is 0 Å². The summed E-state index contributed by atoms with van der Waals surface area (Å²) in [5.74, 6) is 2.57. The van der Waals surface area contributed by atoms with Crippen molar-refractivity contribution in [3.63, 3.8) is 0 Å². The summed E-state index contributed by atoms with van der Waals surface area (Å²) in [6.07, 6.45) is 5.52. The molecule has 4 heteroatoms. The largest absolute Gasteiger partial charge is 0.373 e. The van der Waals surface area contributed by atoms with Gasteiger partial charge in [0.15, 0.2) is 0 Å². The number of ether oxygens (including phenoxy) is 1. The van der Waals surface area contributed by atoms with Gasteiger partial charge in [0.05, 0.1) is 19.1 Å². The topological polar surface area (TPSA) is 32.8 Å². The van der Waals surface area contributed by atoms with Gasteiger partial charge in [0.2, 0.25) is 5.91 Å². The van der Waals surface area contributed by atoms with Crippen molar-refractivity contribution in [3.05, 3.63) is 41.5 Å². The van der Waals surface area contributed by atoms with Crippen molar-refractivity contribution < 1.29 is 9.53 Å². The van der Waals surface area contributed by atoms with Crippen LogP contribution in [0.2, 0.25) is 0 Å². The maximum atomic E-state index is 13.3. The zero-order valence-corrected chi connectivity index (χ0v) is 14.9. The average molecular weight is 348 g/mol. The molecule has 1 aromatic carbocycles. The van der Waals surface area contributed by atoms with E-state index in [1.165, 1.54) is 30.6 Å². The number of amides is 1. The fraction of sp³-hybridized carbons (Fsp3) is 0.591. The molecule has 134 valence electrons. The van der Waals surface area contributed by atoms with Crippen LogP contribution in [0.1, 0.15) is 30.7 Å². The van der Waals surface area contributed by atoms with Crippen LogP contribution in [-0.2, 0) is 9.53 Å². The number of hydrogen-bond donors (Lipinski definition) is 0. The molecule has 7 rings (SSSR count). The number of hydrogen-bond acceptors (Lipinski definition) is 3. The predicted octanol–water partition coefficient (Wildman–Crippen LogP) is 2.55. The second kappa shape index (κ2) is 4.79. The van der Waals surface area contributed by atoms with Crippen LogP contribution in [-0.4, -0.2) is 48.7 Å². The molecule has 0 spiro atoms. The van der Waals surface area contributed by atoms with Crippen molar-refractivity contribution in [2.75, 3.05) is 24.6 Å². The molecule has 2 bridgehead atoms. The van der Waals surface area contributed by atoms with E-state index in [1.807, 2.05) is 0 Å². The van der Waals surface area contributed by atoms with Gasteiger partial charge in [-0.2, -0.15) is 0 Å². The van der Waals surface area contributed by atoms with E-state index < -0.39 is 0 Å². The van der Waals surface area contributed by atoms with E-state index in [2.05, 4.69) is 40.1 Å². The van der Waals surface area contributed by atoms with Gasteiger partial charge in [0, 0.05) is 36.2 Å². The van der Waals surface area contributed by atoms with Crippen LogP contribution >= 0.6 is 0 Å². The Balaban J connectivity index is 1.50. The summed E-state index contributed by atoms with van der Waals surface area (Å²) in [6.45, 7) is 3.02. The van der Waals surface area contributed by atoms with Gasteiger partial charge in [-0.1, -0.05) is 29.8 Å². The molecule has 26 heavy (non-hydrogen) atoms. The lowest BCUT2D eigenvalue weighted by molar-refractivity contribution is -0.138. The van der Waals surface area contributed by atoms with Gasteiger partial charge in [-0.3, -0.25) is 9.69 Å². The number of carbonyl (C=O) groups excluding carboxylic acids is 1. The summed E-state index contributed by atoms with van der Waals surface area (Å²) < 4.78 is 6.27. The number of nitrogens with zero attached hydrogens (tertiary/aromatic N) is 2. The van der Waals surface area contributed by atoms with Gasteiger partial charge < -0.3 is 9.64 Å². The Morgan fingerprint density at radius 1 is 1.12 bits per heavy atom. The summed E-state index contributed by atoms with van der Waals surface area (Å²) in [5.41, 5.74) is 4.22. The van der Waals surface area contributed by atoms with Crippen LogP contribution in [0, 0.1) is 17.8 Å². The highest BCUT2D eigenvalue weighted by Crippen LogP contribution is 2.60. The van der Waals surface area contributed by atoms with Crippen molar-refractivity contribution in [2.45, 2.75) is 43.4 Å². The summed E-state index contributed by atoms with van der Waals surface area (Å²) in [4.78, 5) is 18.2. The molecule has 6 aliphatic rings. The fourth-order valence-electron chi connectivity index (χ4n) is 7.54. The first kappa shape index (κ1) is 14.4. The van der Waals surface area contributed by atoms with Gasteiger partial charge in [0.25, 0.3) is 0 Å². The molecule has 1 aromatic rings. The number of anilines is 1. The van der Waals surface area contributed by atoms with Crippen molar-refractivity contribution in [3.8, 4) is 0 Å². The maximum Gasteiger partial charge on any atom is 0.229 e. The normalized spacial score (nSPS) is 45.1. The highest BCUT2D eigenvalue weighted by atomic mass is 16.5. The number of para-hydroxylation sites is 1. The van der Waals surface area contributed by atoms with Crippen LogP contribution in [0.15, 0.2) is 35.9 Å². The van der Waals surface area contributed by atoms with E-state index in [1.54, 1.807) is 5.57 Å². The second-order valence-electron chi connectivity index (χ2n) is 9.10. The molecule has 1 saturated carbocycles. The third-order valence-corrected chi connectivity index (χ3v) is 8.34. The molecule has 5 aliphatic heterocycles. The van der Waals surface area contributed by atoms with Crippen molar-refractivity contribution in [1.82, 2.24) is 4.90 Å². The summed E-state index contributed by atoms with van der Waals surface area (Å²) in [5, 5.41) is 0. The Kier molecular flexibility index (Phi) is 2.65. The Morgan fingerprint density at radius 3 is 3.00 bits per heavy atom. The quantitative estimate of drug-likeness (QED) is 0.676. The third-order valence-electron chi connectivity index (χ3n) is 8.34. The van der Waals surface area contributed by atoms with Crippen LogP contribution < -0.4 is 4.90 Å². The molecule has 7 atom stereocenters. The summed E-state index contributed by atoms with van der Waals surface area (Å²) >= 11 is 0. The van der Waals surface area contributed by atoms with E-state index in [-0.39, 0.29) is 12.0 Å². The predicted molar refractivity (Wildman–Crippen MR) is 98.0 cm³/mol. The van der Waals surface area contributed by atoms with Gasteiger partial charge in [-0.15, -0.1) is 0 Å². The first-order valence-electron chi connectivity index (χ1n) is 10.3. The molecule has 1 amide bonds. The average Bonchev–Trinajstić information content (AvgIpc) is 2.85. The monoisotopic (exact) mass is 348 g/mol. The van der Waals surface area contributed by atoms with E-state index in [0.29, 0.717) is 48.8 Å². The zero-order valence-electron chi connectivity index (χ0n) is 14.9. The number of piperidine rings is 3. The molecule has 5 heterocycles. The SMILES string of the molecule is O=C1C[C@@H]2OCC=C3CN4CC[C@@H]5c6ccccc6N1[C@H]1C2[C@H]3C[C@H]4C15. The van der Waals surface area contributed by atoms with Crippen LogP contribution in [0.25, 0.3) is 0 Å². The van der Waals surface area contributed by atoms with Crippen molar-refractivity contribution >= 4 is 11.6 Å². The van der Waals surface area contributed by atoms with E-state index in [4.69, 9.17) is 4.74 Å². The van der Waals surface area contributed by atoms with Gasteiger partial charge in [-0.05, 0) is 42.9 Å². The Labute approximate surface area is 153 Å². The summed E-state index contributed by atoms with van der Waals surface area (Å²) in [7, 11) is 0. The van der Waals surface area contributed by atoms with Crippen molar-refractivity contribution in [1.29, 1.82) is 0 Å². The molecule has 0 aromatic heterocycles. The Morgan fingerprint density at radius 2 is 2.04 bits per heavy atom. The van der Waals surface area contributed by atoms with Gasteiger partial charge >= 0.3 is 0 Å². The van der Waals surface area contributed by atoms with Gasteiger partial charge in [-0.25, -0.2) is 0 Å². The molecule has 0 radical (unpaired) electrons. The minimum Gasteiger partial charge on any atom is -0.373 e. The Bertz CT molecular complexity index is 848. The molecule has 2 unspecified atom stereocenters. The van der Waals surface area contributed by atoms with Crippen LogP contribution in [0.5, 0.6) is 0 Å². The second-order valence-corrected chi connectivity index (χ2v) is 9.10. The lowest BCUT2D eigenvalue weighted by atomic mass is 9.53. The fourth-order valence-corrected chi connectivity index (χ4v) is 7.54. The first-order valence-corrected chi connectivity index (χ1v) is 10.3. The first-order chi connectivity index (χ1) is 12.8. The molecule has 3 saturated heterocycles. The van der Waals surface area contributed by atoms with E-state index in [9.17, 15) is 4.79 Å². The molecular formula is C22H24N2O2. The molecule has 4 nitrogen and oxygen atoms in total. The molecule has 1 aliphatic carbocycles. The standard InChI is InChI=1S/C22H24N2O2/c25-19-10-18-21-15-9-17-20-14(5-7-23(17)11-12(15)6-8-26-18)13-3-1-2-4-16(13)24(19)22(20)21/h1-4,6,14-15,17-18,20-22H,5,7-11H2/t14-,15+,17+,18+,20?,21?,22-/m1/s1. The van der Waals surface area contributed by atoms with Gasteiger partial charge in [0.1, 0.15) is 0 Å². The summed E-state index contributed by atoms with van der Waals surface area (Å²) in [6, 6.07) is 9.70. The lowest BCUT2D eigenvalue weighted by Crippen LogP contribution is -2.72. The minimum absolute atomic E-state index is 0.114. The molecule has 0 N–H and O–H groups in total. The van der Waals surface area contributed by atoms with Crippen LogP contribution in [0.4, 0.5) is 5.69 Å². The third kappa shape index (κ3) is 1.58. The number of benzene rings is 1. The number of carbonyl (C=O) groups is 1. The Hall–Kier alpha value is -1.65. The lowest BCUT2D eigenvalue weighted by Gasteiger charge is -2.65.